The van der Waals surface area contributed by atoms with Crippen LogP contribution in [0.1, 0.15) is 12.5 Å². The van der Waals surface area contributed by atoms with Crippen molar-refractivity contribution >= 4 is 50.7 Å². The van der Waals surface area contributed by atoms with Crippen molar-refractivity contribution < 1.29 is 22.7 Å². The number of sulfonamides is 1. The van der Waals surface area contributed by atoms with Gasteiger partial charge in [0.15, 0.2) is 0 Å². The number of carbonyl (C=O) groups excluding carboxylic acids is 2. The van der Waals surface area contributed by atoms with Crippen molar-refractivity contribution in [1.29, 1.82) is 0 Å². The zero-order valence-electron chi connectivity index (χ0n) is 20.5. The zero-order valence-corrected chi connectivity index (χ0v) is 22.8. The third-order valence-electron chi connectivity index (χ3n) is 5.71. The van der Waals surface area contributed by atoms with Crippen LogP contribution in [0.4, 0.5) is 5.69 Å². The van der Waals surface area contributed by atoms with Gasteiger partial charge in [-0.2, -0.15) is 0 Å². The molecule has 0 unspecified atom stereocenters. The van der Waals surface area contributed by atoms with Crippen LogP contribution in [0.25, 0.3) is 0 Å². The number of rotatable bonds is 10. The quantitative estimate of drug-likeness (QED) is 0.395. The van der Waals surface area contributed by atoms with E-state index in [9.17, 15) is 18.0 Å². The number of benzene rings is 3. The van der Waals surface area contributed by atoms with Gasteiger partial charge in [-0.1, -0.05) is 59.6 Å². The molecule has 3 aromatic carbocycles. The molecule has 2 amide bonds. The first-order chi connectivity index (χ1) is 17.6. The summed E-state index contributed by atoms with van der Waals surface area (Å²) in [4.78, 5) is 27.6. The first kappa shape index (κ1) is 28.3. The normalized spacial score (nSPS) is 11.9. The summed E-state index contributed by atoms with van der Waals surface area (Å²) in [6, 6.07) is 18.2. The molecule has 0 aliphatic carbocycles. The molecule has 0 radical (unpaired) electrons. The predicted octanol–water partition coefficient (Wildman–Crippen LogP) is 4.36. The van der Waals surface area contributed by atoms with E-state index in [1.54, 1.807) is 67.6 Å². The molecule has 37 heavy (non-hydrogen) atoms. The zero-order chi connectivity index (χ0) is 27.2. The molecule has 0 aromatic heterocycles. The number of carbonyl (C=O) groups is 2. The number of halogens is 2. The van der Waals surface area contributed by atoms with Crippen LogP contribution in [-0.2, 0) is 26.2 Å². The Bertz CT molecular complexity index is 1370. The van der Waals surface area contributed by atoms with E-state index in [1.807, 2.05) is 0 Å². The number of hydrogen-bond acceptors (Lipinski definition) is 5. The van der Waals surface area contributed by atoms with Crippen LogP contribution in [-0.4, -0.2) is 51.9 Å². The van der Waals surface area contributed by atoms with Gasteiger partial charge in [0.05, 0.1) is 27.7 Å². The lowest BCUT2D eigenvalue weighted by Crippen LogP contribution is -2.50. The van der Waals surface area contributed by atoms with E-state index in [4.69, 9.17) is 27.9 Å². The van der Waals surface area contributed by atoms with E-state index in [0.717, 1.165) is 4.31 Å². The van der Waals surface area contributed by atoms with Gasteiger partial charge in [-0.15, -0.1) is 0 Å². The van der Waals surface area contributed by atoms with Crippen LogP contribution in [0.15, 0.2) is 77.7 Å². The van der Waals surface area contributed by atoms with Gasteiger partial charge in [0, 0.05) is 13.6 Å². The van der Waals surface area contributed by atoms with Crippen LogP contribution in [0.3, 0.4) is 0 Å². The molecule has 3 aromatic rings. The Kier molecular flexibility index (Phi) is 9.42. The maximum atomic E-state index is 13.8. The van der Waals surface area contributed by atoms with E-state index < -0.39 is 34.4 Å². The lowest BCUT2D eigenvalue weighted by molar-refractivity contribution is -0.139. The number of methoxy groups -OCH3 is 1. The Morgan fingerprint density at radius 2 is 1.62 bits per heavy atom. The van der Waals surface area contributed by atoms with Crippen LogP contribution in [0.5, 0.6) is 5.75 Å². The molecular formula is C26H27Cl2N3O5S. The summed E-state index contributed by atoms with van der Waals surface area (Å²) >= 11 is 12.2. The summed E-state index contributed by atoms with van der Waals surface area (Å²) in [6.07, 6.45) is 0. The van der Waals surface area contributed by atoms with Crippen molar-refractivity contribution in [3.05, 3.63) is 88.4 Å². The molecule has 0 saturated carbocycles. The third-order valence-corrected chi connectivity index (χ3v) is 8.23. The molecule has 3 rings (SSSR count). The minimum atomic E-state index is -4.19. The second-order valence-corrected chi connectivity index (χ2v) is 10.7. The largest absolute Gasteiger partial charge is 0.495 e. The summed E-state index contributed by atoms with van der Waals surface area (Å²) in [5, 5.41) is 3.17. The highest BCUT2D eigenvalue weighted by atomic mass is 35.5. The topological polar surface area (TPSA) is 96.0 Å². The van der Waals surface area contributed by atoms with Gasteiger partial charge in [-0.05, 0) is 48.9 Å². The van der Waals surface area contributed by atoms with E-state index >= 15 is 0 Å². The molecule has 196 valence electrons. The first-order valence-corrected chi connectivity index (χ1v) is 13.5. The Morgan fingerprint density at radius 3 is 2.24 bits per heavy atom. The fraction of sp³-hybridized carbons (Fsp3) is 0.231. The minimum Gasteiger partial charge on any atom is -0.495 e. The molecular weight excluding hydrogens is 537 g/mol. The van der Waals surface area contributed by atoms with Crippen molar-refractivity contribution in [2.24, 2.45) is 0 Å². The summed E-state index contributed by atoms with van der Waals surface area (Å²) in [5.41, 5.74) is 0.803. The number of ether oxygens (including phenoxy) is 1. The molecule has 0 aliphatic rings. The van der Waals surface area contributed by atoms with Crippen LogP contribution < -0.4 is 14.4 Å². The van der Waals surface area contributed by atoms with Crippen molar-refractivity contribution in [2.75, 3.05) is 25.0 Å². The molecule has 0 fully saturated rings. The maximum Gasteiger partial charge on any atom is 0.264 e. The third kappa shape index (κ3) is 6.54. The van der Waals surface area contributed by atoms with Gasteiger partial charge in [0.2, 0.25) is 11.8 Å². The second kappa shape index (κ2) is 12.3. The van der Waals surface area contributed by atoms with Crippen molar-refractivity contribution in [3.8, 4) is 5.75 Å². The summed E-state index contributed by atoms with van der Waals surface area (Å²) in [7, 11) is -1.31. The molecule has 8 nitrogen and oxygen atoms in total. The lowest BCUT2D eigenvalue weighted by Gasteiger charge is -2.32. The Morgan fingerprint density at radius 1 is 0.973 bits per heavy atom. The monoisotopic (exact) mass is 563 g/mol. The Balaban J connectivity index is 2.07. The van der Waals surface area contributed by atoms with E-state index in [2.05, 4.69) is 5.32 Å². The number of likely N-dealkylation sites (N-methyl/N-ethyl adjacent to an activating group) is 1. The number of anilines is 1. The smallest absolute Gasteiger partial charge is 0.264 e. The fourth-order valence-corrected chi connectivity index (χ4v) is 5.46. The molecule has 0 saturated heterocycles. The maximum absolute atomic E-state index is 13.8. The SMILES string of the molecule is CNC(=O)[C@@H](C)N(Cc1ccc(Cl)c(Cl)c1)C(=O)CN(c1ccccc1OC)S(=O)(=O)c1ccccc1. The molecule has 1 N–H and O–H groups in total. The standard InChI is InChI=1S/C26H27Cl2N3O5S/c1-18(26(33)29-2)30(16-19-13-14-21(27)22(28)15-19)25(32)17-31(23-11-7-8-12-24(23)36-3)37(34,35)20-9-5-4-6-10-20/h4-15,18H,16-17H2,1-3H3,(H,29,33)/t18-/m1/s1. The molecule has 1 atom stereocenters. The fourth-order valence-electron chi connectivity index (χ4n) is 3.70. The number of nitrogens with one attached hydrogen (secondary N) is 1. The number of amides is 2. The Hall–Kier alpha value is -3.27. The van der Waals surface area contributed by atoms with Gasteiger partial charge in [-0.3, -0.25) is 13.9 Å². The Labute approximate surface area is 226 Å². The van der Waals surface area contributed by atoms with E-state index in [0.29, 0.717) is 15.6 Å². The summed E-state index contributed by atoms with van der Waals surface area (Å²) in [6.45, 7) is 0.975. The highest BCUT2D eigenvalue weighted by molar-refractivity contribution is 7.92. The lowest BCUT2D eigenvalue weighted by atomic mass is 10.1. The molecule has 0 aliphatic heterocycles. The van der Waals surface area contributed by atoms with E-state index in [-0.39, 0.29) is 22.9 Å². The van der Waals surface area contributed by atoms with Gasteiger partial charge in [-0.25, -0.2) is 8.42 Å². The first-order valence-electron chi connectivity index (χ1n) is 11.3. The highest BCUT2D eigenvalue weighted by Gasteiger charge is 2.33. The van der Waals surface area contributed by atoms with Gasteiger partial charge >= 0.3 is 0 Å². The molecule has 11 heteroatoms. The number of hydrogen-bond donors (Lipinski definition) is 1. The van der Waals surface area contributed by atoms with E-state index in [1.165, 1.54) is 31.2 Å². The average molecular weight is 564 g/mol. The minimum absolute atomic E-state index is 0.00379. The molecule has 0 bridgehead atoms. The van der Waals surface area contributed by atoms with Crippen molar-refractivity contribution in [3.63, 3.8) is 0 Å². The van der Waals surface area contributed by atoms with Crippen molar-refractivity contribution in [1.82, 2.24) is 10.2 Å². The average Bonchev–Trinajstić information content (AvgIpc) is 2.91. The van der Waals surface area contributed by atoms with Crippen LogP contribution in [0.2, 0.25) is 10.0 Å². The van der Waals surface area contributed by atoms with Gasteiger partial charge in [0.1, 0.15) is 18.3 Å². The van der Waals surface area contributed by atoms with Gasteiger partial charge in [0.25, 0.3) is 10.0 Å². The highest BCUT2D eigenvalue weighted by Crippen LogP contribution is 2.32. The molecule has 0 heterocycles. The number of nitrogens with zero attached hydrogens (tertiary/aromatic N) is 2. The second-order valence-electron chi connectivity index (χ2n) is 8.06. The molecule has 0 spiro atoms. The van der Waals surface area contributed by atoms with Gasteiger partial charge < -0.3 is 15.0 Å². The summed E-state index contributed by atoms with van der Waals surface area (Å²) in [5.74, 6) is -0.749. The van der Waals surface area contributed by atoms with Crippen LogP contribution in [0, 0.1) is 0 Å². The number of para-hydroxylation sites is 2. The summed E-state index contributed by atoms with van der Waals surface area (Å²) < 4.78 is 33.9. The predicted molar refractivity (Wildman–Crippen MR) is 145 cm³/mol. The van der Waals surface area contributed by atoms with Crippen LogP contribution >= 0.6 is 23.2 Å². The van der Waals surface area contributed by atoms with Crippen molar-refractivity contribution in [2.45, 2.75) is 24.4 Å².